The van der Waals surface area contributed by atoms with Crippen LogP contribution in [0, 0.1) is 0 Å². The van der Waals surface area contributed by atoms with Crippen LogP contribution in [0.3, 0.4) is 0 Å². The summed E-state index contributed by atoms with van der Waals surface area (Å²) >= 11 is 17.1. The van der Waals surface area contributed by atoms with Gasteiger partial charge in [0.25, 0.3) is 0 Å². The maximum atomic E-state index is 11.2. The van der Waals surface area contributed by atoms with Gasteiger partial charge in [-0.15, -0.1) is 16.0 Å². The topological polar surface area (TPSA) is 39.1 Å². The van der Waals surface area contributed by atoms with E-state index in [1.165, 1.54) is 0 Å². The Hall–Kier alpha value is -0.460. The summed E-state index contributed by atoms with van der Waals surface area (Å²) in [5.41, 5.74) is -0.218. The highest BCUT2D eigenvalue weighted by molar-refractivity contribution is 7.77. The van der Waals surface area contributed by atoms with Gasteiger partial charge in [-0.3, -0.25) is 0 Å². The van der Waals surface area contributed by atoms with E-state index in [4.69, 9.17) is 23.2 Å². The fourth-order valence-corrected chi connectivity index (χ4v) is 3.21. The average molecular weight is 346 g/mol. The number of hydrazone groups is 1. The van der Waals surface area contributed by atoms with E-state index in [1.807, 2.05) is 24.3 Å². The first-order valence-electron chi connectivity index (χ1n) is 6.85. The lowest BCUT2D eigenvalue weighted by atomic mass is 9.89. The van der Waals surface area contributed by atoms with E-state index in [9.17, 15) is 5.11 Å². The monoisotopic (exact) mass is 345 g/mol. The van der Waals surface area contributed by atoms with E-state index in [1.54, 1.807) is 15.7 Å². The second-order valence-corrected chi connectivity index (χ2v) is 7.24. The van der Waals surface area contributed by atoms with Crippen molar-refractivity contribution in [2.75, 3.05) is 13.1 Å². The van der Waals surface area contributed by atoms with Crippen molar-refractivity contribution in [1.29, 1.82) is 0 Å². The van der Waals surface area contributed by atoms with E-state index in [-0.39, 0.29) is 0 Å². The molecule has 1 N–H and O–H groups in total. The van der Waals surface area contributed by atoms with Crippen LogP contribution in [-0.2, 0) is 6.42 Å². The van der Waals surface area contributed by atoms with Crippen LogP contribution in [0.25, 0.3) is 0 Å². The quantitative estimate of drug-likeness (QED) is 0.636. The lowest BCUT2D eigenvalue weighted by Gasteiger charge is -2.37. The van der Waals surface area contributed by atoms with Crippen molar-refractivity contribution in [3.05, 3.63) is 34.9 Å². The first-order chi connectivity index (χ1) is 9.94. The molecule has 1 aliphatic heterocycles. The van der Waals surface area contributed by atoms with E-state index < -0.39 is 10.5 Å². The molecule has 0 spiro atoms. The lowest BCUT2D eigenvalue weighted by Crippen LogP contribution is -2.52. The minimum atomic E-state index is -1.11. The molecule has 1 aromatic rings. The summed E-state index contributed by atoms with van der Waals surface area (Å²) in [6, 6.07) is 7.53. The molecule has 1 unspecified atom stereocenters. The molecule has 0 amide bonds. The molecule has 0 saturated heterocycles. The fourth-order valence-electron chi connectivity index (χ4n) is 2.60. The van der Waals surface area contributed by atoms with Crippen LogP contribution in [0.1, 0.15) is 18.4 Å². The van der Waals surface area contributed by atoms with Crippen molar-refractivity contribution < 1.29 is 5.11 Å². The summed E-state index contributed by atoms with van der Waals surface area (Å²) in [5, 5.41) is 17.7. The molecule has 0 radical (unpaired) electrons. The number of alkyl halides is 1. The SMILES string of the molecule is OC(Cc1ccccc1Cl)(CN1N=CCN1S)C1(Cl)CC1. The molecule has 0 aromatic heterocycles. The molecular weight excluding hydrogens is 329 g/mol. The van der Waals surface area contributed by atoms with Crippen LogP contribution < -0.4 is 0 Å². The number of rotatable bonds is 5. The van der Waals surface area contributed by atoms with Crippen LogP contribution in [0.2, 0.25) is 5.02 Å². The Morgan fingerprint density at radius 2 is 2.10 bits per heavy atom. The molecule has 2 aliphatic rings. The van der Waals surface area contributed by atoms with Crippen molar-refractivity contribution in [2.24, 2.45) is 5.10 Å². The third-order valence-electron chi connectivity index (χ3n) is 4.09. The minimum Gasteiger partial charge on any atom is -0.386 e. The number of aliphatic hydroxyl groups is 1. The molecule has 114 valence electrons. The number of β-amino-alcohol motifs (C(OH)–C–C–N with tert-alkyl or cyclic N) is 1. The standard InChI is InChI=1S/C14H17Cl2N3OS/c15-12-4-2-1-3-11(12)9-14(20,13(16)5-6-13)10-18-17-7-8-19(18)21/h1-4,7,20-21H,5-6,8-10H2. The van der Waals surface area contributed by atoms with Gasteiger partial charge < -0.3 is 5.11 Å². The first-order valence-corrected chi connectivity index (χ1v) is 8.00. The van der Waals surface area contributed by atoms with Gasteiger partial charge in [0.2, 0.25) is 0 Å². The predicted octanol–water partition coefficient (Wildman–Crippen LogP) is 2.75. The third kappa shape index (κ3) is 3.03. The first kappa shape index (κ1) is 15.4. The Balaban J connectivity index is 1.84. The molecule has 1 aromatic carbocycles. The number of halogens is 2. The highest BCUT2D eigenvalue weighted by atomic mass is 35.5. The molecule has 0 bridgehead atoms. The third-order valence-corrected chi connectivity index (χ3v) is 5.56. The zero-order chi connectivity index (χ0) is 15.1. The van der Waals surface area contributed by atoms with E-state index in [0.29, 0.717) is 24.5 Å². The molecule has 1 heterocycles. The second kappa shape index (κ2) is 5.63. The van der Waals surface area contributed by atoms with E-state index in [2.05, 4.69) is 17.9 Å². The molecule has 1 saturated carbocycles. The molecule has 1 aliphatic carbocycles. The van der Waals surface area contributed by atoms with Crippen LogP contribution >= 0.6 is 36.0 Å². The van der Waals surface area contributed by atoms with Gasteiger partial charge in [-0.2, -0.15) is 5.10 Å². The van der Waals surface area contributed by atoms with Crippen molar-refractivity contribution in [3.63, 3.8) is 0 Å². The summed E-state index contributed by atoms with van der Waals surface area (Å²) < 4.78 is 1.65. The van der Waals surface area contributed by atoms with Gasteiger partial charge in [0.1, 0.15) is 5.60 Å². The molecule has 1 fully saturated rings. The number of nitrogens with zero attached hydrogens (tertiary/aromatic N) is 3. The van der Waals surface area contributed by atoms with E-state index in [0.717, 1.165) is 18.4 Å². The van der Waals surface area contributed by atoms with E-state index >= 15 is 0 Å². The number of thiol groups is 1. The summed E-state index contributed by atoms with van der Waals surface area (Å²) in [6.07, 6.45) is 3.72. The Morgan fingerprint density at radius 1 is 1.38 bits per heavy atom. The fraction of sp³-hybridized carbons (Fsp3) is 0.500. The van der Waals surface area contributed by atoms with Crippen molar-refractivity contribution in [1.82, 2.24) is 9.53 Å². The number of hydrazine groups is 1. The molecule has 3 rings (SSSR count). The zero-order valence-corrected chi connectivity index (χ0v) is 13.8. The summed E-state index contributed by atoms with van der Waals surface area (Å²) in [7, 11) is 0. The molecule has 21 heavy (non-hydrogen) atoms. The summed E-state index contributed by atoms with van der Waals surface area (Å²) in [6.45, 7) is 0.905. The molecular formula is C14H17Cl2N3OS. The lowest BCUT2D eigenvalue weighted by molar-refractivity contribution is -0.0413. The highest BCUT2D eigenvalue weighted by Crippen LogP contribution is 2.53. The van der Waals surface area contributed by atoms with Gasteiger partial charge in [-0.05, 0) is 24.5 Å². The average Bonchev–Trinajstić information content (AvgIpc) is 3.09. The minimum absolute atomic E-state index is 0.293. The second-order valence-electron chi connectivity index (χ2n) is 5.65. The van der Waals surface area contributed by atoms with Crippen molar-refractivity contribution in [2.45, 2.75) is 29.7 Å². The number of benzene rings is 1. The normalized spacial score (nSPS) is 23.3. The summed E-state index contributed by atoms with van der Waals surface area (Å²) in [4.78, 5) is -0.612. The van der Waals surface area contributed by atoms with Crippen LogP contribution in [-0.4, -0.2) is 44.4 Å². The van der Waals surface area contributed by atoms with Crippen molar-refractivity contribution >= 4 is 42.2 Å². The Bertz CT molecular complexity index is 567. The van der Waals surface area contributed by atoms with Gasteiger partial charge in [0.15, 0.2) is 0 Å². The van der Waals surface area contributed by atoms with Gasteiger partial charge in [0.05, 0.1) is 18.0 Å². The summed E-state index contributed by atoms with van der Waals surface area (Å²) in [5.74, 6) is 0. The van der Waals surface area contributed by atoms with Gasteiger partial charge >= 0.3 is 0 Å². The van der Waals surface area contributed by atoms with Crippen molar-refractivity contribution in [3.8, 4) is 0 Å². The predicted molar refractivity (Wildman–Crippen MR) is 88.8 cm³/mol. The van der Waals surface area contributed by atoms with Crippen LogP contribution in [0.5, 0.6) is 0 Å². The zero-order valence-electron chi connectivity index (χ0n) is 11.4. The highest BCUT2D eigenvalue weighted by Gasteiger charge is 2.58. The smallest absolute Gasteiger partial charge is 0.109 e. The largest absolute Gasteiger partial charge is 0.386 e. The maximum Gasteiger partial charge on any atom is 0.109 e. The number of hydrogen-bond donors (Lipinski definition) is 2. The maximum absolute atomic E-state index is 11.2. The van der Waals surface area contributed by atoms with Crippen LogP contribution in [0.15, 0.2) is 29.4 Å². The van der Waals surface area contributed by atoms with Gasteiger partial charge in [-0.25, -0.2) is 5.12 Å². The Labute approximate surface area is 139 Å². The molecule has 4 nitrogen and oxygen atoms in total. The van der Waals surface area contributed by atoms with Gasteiger partial charge in [-0.1, -0.05) is 42.6 Å². The van der Waals surface area contributed by atoms with Gasteiger partial charge in [0, 0.05) is 17.7 Å². The van der Waals surface area contributed by atoms with Crippen LogP contribution in [0.4, 0.5) is 0 Å². The number of hydrogen-bond acceptors (Lipinski definition) is 5. The molecule has 7 heteroatoms. The Morgan fingerprint density at radius 3 is 2.67 bits per heavy atom. The Kier molecular flexibility index (Phi) is 4.14. The molecule has 1 atom stereocenters.